The van der Waals surface area contributed by atoms with Gasteiger partial charge in [-0.05, 0) is 44.2 Å². The van der Waals surface area contributed by atoms with E-state index < -0.39 is 10.0 Å². The molecular formula is C22H36N4O3S. The molecule has 0 bridgehead atoms. The Morgan fingerprint density at radius 2 is 1.97 bits per heavy atom. The monoisotopic (exact) mass is 436 g/mol. The number of hydrogen-bond acceptors (Lipinski definition) is 5. The van der Waals surface area contributed by atoms with Gasteiger partial charge in [0.15, 0.2) is 0 Å². The second-order valence-corrected chi connectivity index (χ2v) is 10.7. The van der Waals surface area contributed by atoms with E-state index in [1.807, 2.05) is 37.2 Å². The highest BCUT2D eigenvalue weighted by Gasteiger charge is 2.35. The fraction of sp³-hybridized carbons (Fsp3) is 0.727. The van der Waals surface area contributed by atoms with E-state index in [1.54, 1.807) is 0 Å². The largest absolute Gasteiger partial charge is 0.342 e. The molecule has 30 heavy (non-hydrogen) atoms. The lowest BCUT2D eigenvalue weighted by Gasteiger charge is -2.39. The average Bonchev–Trinajstić information content (AvgIpc) is 2.78. The van der Waals surface area contributed by atoms with E-state index in [1.165, 1.54) is 4.31 Å². The molecule has 2 saturated heterocycles. The van der Waals surface area contributed by atoms with Gasteiger partial charge in [-0.1, -0.05) is 13.0 Å². The predicted octanol–water partition coefficient (Wildman–Crippen LogP) is 2.00. The summed E-state index contributed by atoms with van der Waals surface area (Å²) in [6.07, 6.45) is 6.87. The predicted molar refractivity (Wildman–Crippen MR) is 119 cm³/mol. The number of piperidine rings is 2. The second kappa shape index (κ2) is 10.7. The molecule has 1 aromatic heterocycles. The van der Waals surface area contributed by atoms with Crippen LogP contribution in [0.25, 0.3) is 0 Å². The zero-order valence-corrected chi connectivity index (χ0v) is 19.2. The second-order valence-electron chi connectivity index (χ2n) is 8.61. The van der Waals surface area contributed by atoms with Crippen molar-refractivity contribution >= 4 is 15.9 Å². The van der Waals surface area contributed by atoms with Gasteiger partial charge in [-0.25, -0.2) is 12.7 Å². The van der Waals surface area contributed by atoms with Crippen molar-refractivity contribution in [3.8, 4) is 0 Å². The van der Waals surface area contributed by atoms with Crippen molar-refractivity contribution in [2.24, 2.45) is 5.92 Å². The maximum absolute atomic E-state index is 13.1. The van der Waals surface area contributed by atoms with Gasteiger partial charge in [0.1, 0.15) is 0 Å². The molecule has 3 rings (SSSR count). The first-order valence-electron chi connectivity index (χ1n) is 11.3. The van der Waals surface area contributed by atoms with E-state index in [2.05, 4.69) is 16.0 Å². The van der Waals surface area contributed by atoms with E-state index in [4.69, 9.17) is 0 Å². The number of pyridine rings is 1. The Morgan fingerprint density at radius 3 is 2.63 bits per heavy atom. The normalized spacial score (nSPS) is 22.1. The molecule has 0 radical (unpaired) electrons. The summed E-state index contributed by atoms with van der Waals surface area (Å²) in [6, 6.07) is 6.26. The summed E-state index contributed by atoms with van der Waals surface area (Å²) in [4.78, 5) is 21.8. The van der Waals surface area contributed by atoms with Crippen molar-refractivity contribution in [3.63, 3.8) is 0 Å². The molecule has 8 heteroatoms. The maximum atomic E-state index is 13.1. The van der Waals surface area contributed by atoms with Gasteiger partial charge in [-0.3, -0.25) is 9.78 Å². The first-order chi connectivity index (χ1) is 14.4. The van der Waals surface area contributed by atoms with Gasteiger partial charge in [0.25, 0.3) is 0 Å². The highest BCUT2D eigenvalue weighted by atomic mass is 32.2. The lowest BCUT2D eigenvalue weighted by molar-refractivity contribution is -0.138. The summed E-state index contributed by atoms with van der Waals surface area (Å²) in [5, 5.41) is 0. The Kier molecular flexibility index (Phi) is 8.25. The van der Waals surface area contributed by atoms with Crippen LogP contribution in [-0.2, 0) is 21.2 Å². The smallest absolute Gasteiger partial charge is 0.227 e. The third kappa shape index (κ3) is 6.02. The summed E-state index contributed by atoms with van der Waals surface area (Å²) in [5.74, 6) is 0.0664. The van der Waals surface area contributed by atoms with Gasteiger partial charge in [0.05, 0.1) is 11.7 Å². The topological polar surface area (TPSA) is 73.8 Å². The van der Waals surface area contributed by atoms with Crippen molar-refractivity contribution in [1.82, 2.24) is 19.1 Å². The molecule has 1 atom stereocenters. The first kappa shape index (κ1) is 23.2. The molecule has 1 aromatic rings. The minimum Gasteiger partial charge on any atom is -0.342 e. The number of carbonyl (C=O) groups is 1. The zero-order chi connectivity index (χ0) is 21.6. The number of sulfonamides is 1. The van der Waals surface area contributed by atoms with Crippen LogP contribution in [-0.4, -0.2) is 85.0 Å². The van der Waals surface area contributed by atoms with Gasteiger partial charge < -0.3 is 9.80 Å². The molecule has 2 aliphatic rings. The van der Waals surface area contributed by atoms with Crippen molar-refractivity contribution in [2.75, 3.05) is 45.5 Å². The molecule has 0 saturated carbocycles. The molecule has 2 aliphatic heterocycles. The first-order valence-corrected chi connectivity index (χ1v) is 12.9. The van der Waals surface area contributed by atoms with Crippen LogP contribution in [0.4, 0.5) is 0 Å². The van der Waals surface area contributed by atoms with Crippen molar-refractivity contribution in [3.05, 3.63) is 30.1 Å². The van der Waals surface area contributed by atoms with Gasteiger partial charge >= 0.3 is 0 Å². The Labute approximate surface area is 181 Å². The fourth-order valence-electron chi connectivity index (χ4n) is 4.60. The van der Waals surface area contributed by atoms with Gasteiger partial charge in [0, 0.05) is 64.1 Å². The Bertz CT molecular complexity index is 779. The lowest BCUT2D eigenvalue weighted by Crippen LogP contribution is -2.51. The summed E-state index contributed by atoms with van der Waals surface area (Å²) >= 11 is 0. The van der Waals surface area contributed by atoms with Crippen molar-refractivity contribution < 1.29 is 13.2 Å². The Morgan fingerprint density at radius 1 is 1.20 bits per heavy atom. The summed E-state index contributed by atoms with van der Waals surface area (Å²) in [6.45, 7) is 5.72. The summed E-state index contributed by atoms with van der Waals surface area (Å²) in [5.41, 5.74) is 1.12. The number of nitrogens with zero attached hydrogens (tertiary/aromatic N) is 4. The van der Waals surface area contributed by atoms with E-state index in [-0.39, 0.29) is 23.6 Å². The average molecular weight is 437 g/mol. The number of likely N-dealkylation sites (tertiary alicyclic amines) is 1. The summed E-state index contributed by atoms with van der Waals surface area (Å²) < 4.78 is 26.4. The number of carbonyl (C=O) groups excluding carboxylic acids is 1. The fourth-order valence-corrected chi connectivity index (χ4v) is 6.19. The van der Waals surface area contributed by atoms with Gasteiger partial charge in [-0.15, -0.1) is 0 Å². The molecule has 168 valence electrons. The SMILES string of the molecule is CCCS(=O)(=O)N1CCCC(C(=O)N(C)C2CCN(CCc3ccccn3)CC2)C1. The van der Waals surface area contributed by atoms with Crippen LogP contribution in [0, 0.1) is 5.92 Å². The quantitative estimate of drug-likeness (QED) is 0.623. The molecule has 1 unspecified atom stereocenters. The molecule has 0 N–H and O–H groups in total. The Balaban J connectivity index is 1.47. The minimum atomic E-state index is -3.24. The molecule has 3 heterocycles. The minimum absolute atomic E-state index is 0.110. The van der Waals surface area contributed by atoms with Crippen molar-refractivity contribution in [1.29, 1.82) is 0 Å². The molecule has 0 aliphatic carbocycles. The standard InChI is InChI=1S/C22H36N4O3S/c1-3-17-30(28,29)26-13-6-7-19(18-26)22(27)24(2)21-10-15-25(16-11-21)14-9-20-8-4-5-12-23-20/h4-5,8,12,19,21H,3,6-7,9-11,13-18H2,1-2H3. The van der Waals surface area contributed by atoms with Crippen molar-refractivity contribution in [2.45, 2.75) is 51.5 Å². The number of rotatable bonds is 8. The van der Waals surface area contributed by atoms with Crippen LogP contribution < -0.4 is 0 Å². The van der Waals surface area contributed by atoms with E-state index in [0.29, 0.717) is 19.5 Å². The van der Waals surface area contributed by atoms with Crippen LogP contribution in [0.2, 0.25) is 0 Å². The number of amides is 1. The highest BCUT2D eigenvalue weighted by molar-refractivity contribution is 7.89. The van der Waals surface area contributed by atoms with Crippen LogP contribution in [0.5, 0.6) is 0 Å². The van der Waals surface area contributed by atoms with Crippen LogP contribution >= 0.6 is 0 Å². The molecule has 7 nitrogen and oxygen atoms in total. The number of aromatic nitrogens is 1. The molecular weight excluding hydrogens is 400 g/mol. The van der Waals surface area contributed by atoms with Crippen LogP contribution in [0.1, 0.15) is 44.7 Å². The van der Waals surface area contributed by atoms with Crippen LogP contribution in [0.3, 0.4) is 0 Å². The highest BCUT2D eigenvalue weighted by Crippen LogP contribution is 2.24. The number of hydrogen-bond donors (Lipinski definition) is 0. The third-order valence-corrected chi connectivity index (χ3v) is 8.49. The lowest BCUT2D eigenvalue weighted by atomic mass is 9.95. The van der Waals surface area contributed by atoms with Gasteiger partial charge in [-0.2, -0.15) is 0 Å². The third-order valence-electron chi connectivity index (χ3n) is 6.45. The molecule has 0 spiro atoms. The Hall–Kier alpha value is -1.51. The van der Waals surface area contributed by atoms with E-state index in [9.17, 15) is 13.2 Å². The molecule has 2 fully saturated rings. The van der Waals surface area contributed by atoms with E-state index >= 15 is 0 Å². The molecule has 0 aromatic carbocycles. The molecule has 1 amide bonds. The maximum Gasteiger partial charge on any atom is 0.227 e. The zero-order valence-electron chi connectivity index (χ0n) is 18.4. The van der Waals surface area contributed by atoms with Gasteiger partial charge in [0.2, 0.25) is 15.9 Å². The summed E-state index contributed by atoms with van der Waals surface area (Å²) in [7, 11) is -1.34. The van der Waals surface area contributed by atoms with Crippen LogP contribution in [0.15, 0.2) is 24.4 Å². The van der Waals surface area contributed by atoms with E-state index in [0.717, 1.165) is 57.4 Å².